The highest BCUT2D eigenvalue weighted by Gasteiger charge is 2.26. The number of aromatic nitrogens is 1. The van der Waals surface area contributed by atoms with Crippen LogP contribution in [0.1, 0.15) is 43.5 Å². The first-order valence-corrected chi connectivity index (χ1v) is 6.50. The molecule has 2 N–H and O–H groups in total. The van der Waals surface area contributed by atoms with Crippen molar-refractivity contribution in [3.63, 3.8) is 0 Å². The summed E-state index contributed by atoms with van der Waals surface area (Å²) in [7, 11) is 0. The van der Waals surface area contributed by atoms with Crippen LogP contribution in [-0.4, -0.2) is 28.5 Å². The van der Waals surface area contributed by atoms with Gasteiger partial charge in [0, 0.05) is 12.1 Å². The fourth-order valence-electron chi connectivity index (χ4n) is 2.59. The van der Waals surface area contributed by atoms with E-state index in [1.165, 1.54) is 19.3 Å². The number of piperidine rings is 1. The van der Waals surface area contributed by atoms with E-state index < -0.39 is 0 Å². The molecule has 1 aromatic rings. The Balaban J connectivity index is 0.00000162. The van der Waals surface area contributed by atoms with Gasteiger partial charge in [-0.2, -0.15) is 0 Å². The highest BCUT2D eigenvalue weighted by Crippen LogP contribution is 2.21. The molecule has 112 valence electrons. The number of likely N-dealkylation sites (tertiary alicyclic amines) is 1. The molecule has 2 rings (SSSR count). The van der Waals surface area contributed by atoms with Gasteiger partial charge in [0.2, 0.25) is 5.89 Å². The topological polar surface area (TPSA) is 55.3 Å². The molecule has 1 aromatic heterocycles. The van der Waals surface area contributed by atoms with Crippen LogP contribution in [0.2, 0.25) is 0 Å². The van der Waals surface area contributed by atoms with Crippen molar-refractivity contribution < 1.29 is 4.42 Å². The maximum atomic E-state index is 6.05. The molecule has 1 saturated heterocycles. The highest BCUT2D eigenvalue weighted by atomic mass is 35.5. The molecule has 1 aliphatic rings. The number of nitrogens with two attached hydrogens (primary N) is 1. The molecule has 2 atom stereocenters. The van der Waals surface area contributed by atoms with Crippen LogP contribution in [0, 0.1) is 13.8 Å². The van der Waals surface area contributed by atoms with E-state index in [4.69, 9.17) is 10.2 Å². The van der Waals surface area contributed by atoms with Crippen LogP contribution in [0.15, 0.2) is 4.42 Å². The molecule has 0 amide bonds. The average Bonchev–Trinajstić information content (AvgIpc) is 2.58. The SMILES string of the molecule is Cc1nc(CN2CCCCC2C(C)N)oc1C.Cl.Cl. The number of oxazole rings is 1. The number of nitrogens with zero attached hydrogens (tertiary/aromatic N) is 2. The summed E-state index contributed by atoms with van der Waals surface area (Å²) in [6.07, 6.45) is 3.73. The van der Waals surface area contributed by atoms with Crippen LogP contribution in [0.3, 0.4) is 0 Å². The summed E-state index contributed by atoms with van der Waals surface area (Å²) in [5.41, 5.74) is 7.05. The van der Waals surface area contributed by atoms with Gasteiger partial charge in [-0.25, -0.2) is 4.98 Å². The minimum atomic E-state index is 0. The van der Waals surface area contributed by atoms with Gasteiger partial charge in [-0.3, -0.25) is 4.90 Å². The quantitative estimate of drug-likeness (QED) is 0.933. The first-order valence-electron chi connectivity index (χ1n) is 6.50. The molecular formula is C13H25Cl2N3O. The first kappa shape index (κ1) is 18.7. The molecule has 2 heterocycles. The third-order valence-electron chi connectivity index (χ3n) is 3.68. The Morgan fingerprint density at radius 2 is 2.05 bits per heavy atom. The third-order valence-corrected chi connectivity index (χ3v) is 3.68. The van der Waals surface area contributed by atoms with Gasteiger partial charge in [0.1, 0.15) is 5.76 Å². The fourth-order valence-corrected chi connectivity index (χ4v) is 2.59. The van der Waals surface area contributed by atoms with Gasteiger partial charge in [0.05, 0.1) is 12.2 Å². The minimum Gasteiger partial charge on any atom is -0.444 e. The Bertz CT molecular complexity index is 362. The predicted octanol–water partition coefficient (Wildman–Crippen LogP) is 2.84. The van der Waals surface area contributed by atoms with Gasteiger partial charge in [0.25, 0.3) is 0 Å². The fraction of sp³-hybridized carbons (Fsp3) is 0.769. The van der Waals surface area contributed by atoms with E-state index in [0.717, 1.165) is 30.4 Å². The third kappa shape index (κ3) is 4.63. The zero-order chi connectivity index (χ0) is 12.4. The van der Waals surface area contributed by atoms with Gasteiger partial charge in [0.15, 0.2) is 0 Å². The minimum absolute atomic E-state index is 0. The van der Waals surface area contributed by atoms with Crippen LogP contribution in [0.4, 0.5) is 0 Å². The normalized spacial score (nSPS) is 21.4. The number of hydrogen-bond donors (Lipinski definition) is 1. The highest BCUT2D eigenvalue weighted by molar-refractivity contribution is 5.85. The van der Waals surface area contributed by atoms with Crippen LogP contribution >= 0.6 is 24.8 Å². The summed E-state index contributed by atoms with van der Waals surface area (Å²) in [6, 6.07) is 0.684. The summed E-state index contributed by atoms with van der Waals surface area (Å²) >= 11 is 0. The van der Waals surface area contributed by atoms with E-state index in [2.05, 4.69) is 16.8 Å². The Hall–Kier alpha value is -0.290. The smallest absolute Gasteiger partial charge is 0.208 e. The molecule has 0 bridgehead atoms. The van der Waals surface area contributed by atoms with E-state index in [0.29, 0.717) is 6.04 Å². The summed E-state index contributed by atoms with van der Waals surface area (Å²) < 4.78 is 5.65. The van der Waals surface area contributed by atoms with E-state index in [1.807, 2.05) is 13.8 Å². The van der Waals surface area contributed by atoms with Gasteiger partial charge in [-0.05, 0) is 40.2 Å². The van der Waals surface area contributed by atoms with Crippen molar-refractivity contribution in [2.24, 2.45) is 5.73 Å². The lowest BCUT2D eigenvalue weighted by atomic mass is 9.97. The molecule has 0 spiro atoms. The monoisotopic (exact) mass is 309 g/mol. The average molecular weight is 310 g/mol. The summed E-state index contributed by atoms with van der Waals surface area (Å²) in [5, 5.41) is 0. The molecule has 2 unspecified atom stereocenters. The standard InChI is InChI=1S/C13H23N3O.2ClH/c1-9(14)12-6-4-5-7-16(12)8-13-15-10(2)11(3)17-13;;/h9,12H,4-8,14H2,1-3H3;2*1H. The Labute approximate surface area is 127 Å². The van der Waals surface area contributed by atoms with Crippen molar-refractivity contribution in [2.45, 2.75) is 58.7 Å². The molecule has 4 nitrogen and oxygen atoms in total. The van der Waals surface area contributed by atoms with Crippen molar-refractivity contribution in [1.82, 2.24) is 9.88 Å². The molecule has 19 heavy (non-hydrogen) atoms. The zero-order valence-electron chi connectivity index (χ0n) is 11.9. The Morgan fingerprint density at radius 3 is 2.58 bits per heavy atom. The van der Waals surface area contributed by atoms with E-state index in [1.54, 1.807) is 0 Å². The van der Waals surface area contributed by atoms with Gasteiger partial charge >= 0.3 is 0 Å². The lowest BCUT2D eigenvalue weighted by Crippen LogP contribution is -2.48. The number of hydrogen-bond acceptors (Lipinski definition) is 4. The zero-order valence-corrected chi connectivity index (χ0v) is 13.5. The molecule has 0 aliphatic carbocycles. The van der Waals surface area contributed by atoms with Crippen molar-refractivity contribution in [1.29, 1.82) is 0 Å². The molecule has 1 aliphatic heterocycles. The Kier molecular flexibility index (Phi) is 7.98. The maximum absolute atomic E-state index is 6.05. The van der Waals surface area contributed by atoms with Crippen LogP contribution in [0.25, 0.3) is 0 Å². The first-order chi connectivity index (χ1) is 8.08. The van der Waals surface area contributed by atoms with Crippen LogP contribution in [-0.2, 0) is 6.54 Å². The molecule has 0 saturated carbocycles. The van der Waals surface area contributed by atoms with Crippen molar-refractivity contribution in [3.05, 3.63) is 17.3 Å². The van der Waals surface area contributed by atoms with E-state index in [9.17, 15) is 0 Å². The molecule has 0 aromatic carbocycles. The largest absolute Gasteiger partial charge is 0.444 e. The Morgan fingerprint density at radius 1 is 1.37 bits per heavy atom. The van der Waals surface area contributed by atoms with Crippen molar-refractivity contribution in [2.75, 3.05) is 6.54 Å². The summed E-state index contributed by atoms with van der Waals surface area (Å²) in [4.78, 5) is 6.86. The number of halogens is 2. The molecule has 0 radical (unpaired) electrons. The van der Waals surface area contributed by atoms with E-state index >= 15 is 0 Å². The lowest BCUT2D eigenvalue weighted by molar-refractivity contribution is 0.111. The van der Waals surface area contributed by atoms with Crippen LogP contribution in [0.5, 0.6) is 0 Å². The molecular weight excluding hydrogens is 285 g/mol. The molecule has 6 heteroatoms. The number of rotatable bonds is 3. The summed E-state index contributed by atoms with van der Waals surface area (Å²) in [6.45, 7) is 7.94. The maximum Gasteiger partial charge on any atom is 0.208 e. The van der Waals surface area contributed by atoms with Crippen molar-refractivity contribution in [3.8, 4) is 0 Å². The van der Waals surface area contributed by atoms with Gasteiger partial charge in [-0.15, -0.1) is 24.8 Å². The number of aryl methyl sites for hydroxylation is 2. The van der Waals surface area contributed by atoms with E-state index in [-0.39, 0.29) is 30.9 Å². The van der Waals surface area contributed by atoms with Gasteiger partial charge in [-0.1, -0.05) is 6.42 Å². The second-order valence-corrected chi connectivity index (χ2v) is 5.14. The predicted molar refractivity (Wildman–Crippen MR) is 82.2 cm³/mol. The van der Waals surface area contributed by atoms with Crippen molar-refractivity contribution >= 4 is 24.8 Å². The second kappa shape index (κ2) is 8.10. The summed E-state index contributed by atoms with van der Waals surface area (Å²) in [5.74, 6) is 1.75. The second-order valence-electron chi connectivity index (χ2n) is 5.14. The lowest BCUT2D eigenvalue weighted by Gasteiger charge is -2.37. The molecule has 1 fully saturated rings. The van der Waals surface area contributed by atoms with Crippen LogP contribution < -0.4 is 5.73 Å². The van der Waals surface area contributed by atoms with Gasteiger partial charge < -0.3 is 10.2 Å².